The lowest BCUT2D eigenvalue weighted by molar-refractivity contribution is -0.161. The smallest absolute Gasteiger partial charge is 0.462 e. The molecule has 17 nitrogen and oxygen atoms in total. The summed E-state index contributed by atoms with van der Waals surface area (Å²) >= 11 is 0. The summed E-state index contributed by atoms with van der Waals surface area (Å²) in [6.45, 7) is 4.64. The molecule has 5 unspecified atom stereocenters. The van der Waals surface area contributed by atoms with E-state index in [0.717, 1.165) is 212 Å². The van der Waals surface area contributed by atoms with E-state index in [1.807, 2.05) is 0 Å². The number of allylic oxidation sites excluding steroid dienone is 24. The molecular formula is C91H154O17P2. The number of ether oxygens (including phenoxy) is 4. The molecule has 110 heavy (non-hydrogen) atoms. The van der Waals surface area contributed by atoms with Gasteiger partial charge in [0.05, 0.1) is 26.4 Å². The normalized spacial score (nSPS) is 14.5. The SMILES string of the molecule is CC/C=C\C/C=C\C/C=C\C/C=C\CCCCCCC(=O)OC(COC(=O)CCCCCCCC/C=C\C/C=C\C/C=C\CCCCC)COP(=O)(O)OCC(O)COP(=O)(O)OCC(COC(=O)CCCCCCCC/C=C\C/C=C\C/C=C\CCCCC)OC(=O)CCCCCCC/C=C\C/C=C\CCCCC. The Morgan fingerprint density at radius 2 is 0.473 bits per heavy atom. The highest BCUT2D eigenvalue weighted by molar-refractivity contribution is 7.47. The maximum absolute atomic E-state index is 13.1. The number of hydrogen-bond donors (Lipinski definition) is 3. The summed E-state index contributed by atoms with van der Waals surface area (Å²) in [5.41, 5.74) is 0. The van der Waals surface area contributed by atoms with Crippen molar-refractivity contribution in [3.63, 3.8) is 0 Å². The molecule has 0 spiro atoms. The zero-order valence-corrected chi connectivity index (χ0v) is 70.9. The Kier molecular flexibility index (Phi) is 78.2. The summed E-state index contributed by atoms with van der Waals surface area (Å²) in [5.74, 6) is -2.24. The molecule has 0 saturated heterocycles. The molecule has 0 bridgehead atoms. The van der Waals surface area contributed by atoms with E-state index in [9.17, 15) is 43.2 Å². The van der Waals surface area contributed by atoms with E-state index in [1.165, 1.54) is 57.8 Å². The van der Waals surface area contributed by atoms with Crippen molar-refractivity contribution in [1.82, 2.24) is 0 Å². The summed E-state index contributed by atoms with van der Waals surface area (Å²) in [6, 6.07) is 0. The van der Waals surface area contributed by atoms with Gasteiger partial charge in [0, 0.05) is 25.7 Å². The molecule has 5 atom stereocenters. The number of aliphatic hydroxyl groups excluding tert-OH is 1. The molecule has 0 radical (unpaired) electrons. The Morgan fingerprint density at radius 3 is 0.727 bits per heavy atom. The lowest BCUT2D eigenvalue weighted by atomic mass is 10.1. The monoisotopic (exact) mass is 1580 g/mol. The second kappa shape index (κ2) is 81.9. The van der Waals surface area contributed by atoms with Gasteiger partial charge in [-0.25, -0.2) is 9.13 Å². The zero-order chi connectivity index (χ0) is 80.3. The molecule has 0 aromatic carbocycles. The maximum Gasteiger partial charge on any atom is 0.472 e. The molecule has 0 aliphatic rings. The summed E-state index contributed by atoms with van der Waals surface area (Å²) in [4.78, 5) is 73.3. The van der Waals surface area contributed by atoms with Gasteiger partial charge in [-0.1, -0.05) is 296 Å². The van der Waals surface area contributed by atoms with E-state index in [4.69, 9.17) is 37.0 Å². The average molecular weight is 1580 g/mol. The van der Waals surface area contributed by atoms with Gasteiger partial charge in [-0.3, -0.25) is 37.3 Å². The van der Waals surface area contributed by atoms with Gasteiger partial charge in [-0.2, -0.15) is 0 Å². The summed E-state index contributed by atoms with van der Waals surface area (Å²) in [7, 11) is -9.99. The van der Waals surface area contributed by atoms with Crippen LogP contribution < -0.4 is 0 Å². The lowest BCUT2D eigenvalue weighted by Gasteiger charge is -2.21. The Balaban J connectivity index is 5.43. The topological polar surface area (TPSA) is 237 Å². The van der Waals surface area contributed by atoms with Crippen LogP contribution in [0, 0.1) is 0 Å². The number of phosphoric ester groups is 2. The maximum atomic E-state index is 13.1. The average Bonchev–Trinajstić information content (AvgIpc) is 0.906. The van der Waals surface area contributed by atoms with Crippen LogP contribution in [-0.4, -0.2) is 96.7 Å². The summed E-state index contributed by atoms with van der Waals surface area (Å²) in [6.07, 6.45) is 95.1. The number of esters is 4. The molecule has 0 aliphatic carbocycles. The molecule has 0 saturated carbocycles. The molecule has 19 heteroatoms. The fourth-order valence-electron chi connectivity index (χ4n) is 11.2. The molecule has 0 aliphatic heterocycles. The van der Waals surface area contributed by atoms with Crippen LogP contribution in [0.5, 0.6) is 0 Å². The van der Waals surface area contributed by atoms with Crippen LogP contribution >= 0.6 is 15.6 Å². The van der Waals surface area contributed by atoms with Crippen molar-refractivity contribution in [3.8, 4) is 0 Å². The Hall–Kier alpha value is -5.06. The van der Waals surface area contributed by atoms with Crippen LogP contribution in [-0.2, 0) is 65.4 Å². The van der Waals surface area contributed by atoms with Gasteiger partial charge in [0.25, 0.3) is 0 Å². The van der Waals surface area contributed by atoms with E-state index in [0.29, 0.717) is 25.7 Å². The predicted octanol–water partition coefficient (Wildman–Crippen LogP) is 25.8. The first-order chi connectivity index (χ1) is 53.7. The van der Waals surface area contributed by atoms with Crippen molar-refractivity contribution >= 4 is 39.5 Å². The fourth-order valence-corrected chi connectivity index (χ4v) is 12.8. The van der Waals surface area contributed by atoms with Crippen LogP contribution in [0.25, 0.3) is 0 Å². The molecule has 0 aromatic heterocycles. The van der Waals surface area contributed by atoms with Crippen LogP contribution in [0.4, 0.5) is 0 Å². The van der Waals surface area contributed by atoms with Crippen molar-refractivity contribution in [3.05, 3.63) is 146 Å². The van der Waals surface area contributed by atoms with Crippen molar-refractivity contribution < 1.29 is 80.2 Å². The third-order valence-electron chi connectivity index (χ3n) is 17.8. The van der Waals surface area contributed by atoms with E-state index >= 15 is 0 Å². The van der Waals surface area contributed by atoms with Crippen molar-refractivity contribution in [2.24, 2.45) is 0 Å². The van der Waals surface area contributed by atoms with Crippen molar-refractivity contribution in [2.45, 2.75) is 367 Å². The van der Waals surface area contributed by atoms with Crippen LogP contribution in [0.3, 0.4) is 0 Å². The highest BCUT2D eigenvalue weighted by atomic mass is 31.2. The second-order valence-electron chi connectivity index (χ2n) is 28.4. The molecule has 3 N–H and O–H groups in total. The van der Waals surface area contributed by atoms with E-state index in [1.54, 1.807) is 0 Å². The minimum atomic E-state index is -5.00. The largest absolute Gasteiger partial charge is 0.472 e. The number of unbranched alkanes of at least 4 members (excludes halogenated alkanes) is 30. The minimum Gasteiger partial charge on any atom is -0.462 e. The standard InChI is InChI=1S/C91H154O17P2/c1-5-9-13-17-21-25-29-33-37-40-42-45-48-51-55-59-63-67-71-75-88(93)101-81-86(107-90(95)77-73-69-65-61-57-53-47-36-32-28-24-20-16-12-8-4)83-105-109(97,98)103-79-85(92)80-104-110(99,100)106-84-87(108-91(96)78-74-70-66-62-58-54-50-44-39-35-31-27-23-19-15-11-7-3)82-102-89(94)76-72-68-64-60-56-52-49-46-43-41-38-34-30-26-22-18-14-10-6-2/h11,15,21-28,33-39,42-43,45-47,50,54,85-87,92H,5-10,12-14,16-20,29-32,40-41,44,48-49,51-53,55-84H2,1-4H3,(H,97,98)(H,99,100)/b15-11-,25-21-,26-22-,27-23-,28-24-,37-33-,38-34-,39-35-,45-42-,46-43-,47-36-,54-50-. The number of carbonyl (C=O) groups is 4. The first-order valence-corrected chi connectivity index (χ1v) is 46.1. The van der Waals surface area contributed by atoms with Gasteiger partial charge in [0.2, 0.25) is 0 Å². The highest BCUT2D eigenvalue weighted by Crippen LogP contribution is 2.45. The molecule has 630 valence electrons. The Bertz CT molecular complexity index is 2650. The number of aliphatic hydroxyl groups is 1. The molecule has 0 heterocycles. The third kappa shape index (κ3) is 81.0. The van der Waals surface area contributed by atoms with Gasteiger partial charge >= 0.3 is 39.5 Å². The summed E-state index contributed by atoms with van der Waals surface area (Å²) < 4.78 is 68.8. The van der Waals surface area contributed by atoms with Crippen LogP contribution in [0.1, 0.15) is 349 Å². The molecular weight excluding hydrogens is 1430 g/mol. The number of phosphoric acid groups is 2. The van der Waals surface area contributed by atoms with Gasteiger partial charge in [0.15, 0.2) is 12.2 Å². The second-order valence-corrected chi connectivity index (χ2v) is 31.3. The fraction of sp³-hybridized carbons (Fsp3) is 0.692. The van der Waals surface area contributed by atoms with Crippen molar-refractivity contribution in [2.75, 3.05) is 39.6 Å². The van der Waals surface area contributed by atoms with E-state index < -0.39 is 97.5 Å². The first-order valence-electron chi connectivity index (χ1n) is 43.1. The minimum absolute atomic E-state index is 0.0597. The van der Waals surface area contributed by atoms with Crippen LogP contribution in [0.2, 0.25) is 0 Å². The lowest BCUT2D eigenvalue weighted by Crippen LogP contribution is -2.30. The number of rotatable bonds is 80. The number of carbonyl (C=O) groups excluding carboxylic acids is 4. The Morgan fingerprint density at radius 1 is 0.264 bits per heavy atom. The van der Waals surface area contributed by atoms with Crippen molar-refractivity contribution in [1.29, 1.82) is 0 Å². The van der Waals surface area contributed by atoms with Gasteiger partial charge in [0.1, 0.15) is 19.3 Å². The van der Waals surface area contributed by atoms with E-state index in [-0.39, 0.29) is 25.7 Å². The third-order valence-corrected chi connectivity index (χ3v) is 19.7. The van der Waals surface area contributed by atoms with Gasteiger partial charge < -0.3 is 33.8 Å². The van der Waals surface area contributed by atoms with E-state index in [2.05, 4.69) is 174 Å². The van der Waals surface area contributed by atoms with Gasteiger partial charge in [-0.15, -0.1) is 0 Å². The molecule has 0 fully saturated rings. The zero-order valence-electron chi connectivity index (χ0n) is 69.1. The molecule has 0 amide bonds. The quantitative estimate of drug-likeness (QED) is 0.0169. The molecule has 0 rings (SSSR count). The number of hydrogen-bond acceptors (Lipinski definition) is 15. The Labute approximate surface area is 668 Å². The molecule has 0 aromatic rings. The summed E-state index contributed by atoms with van der Waals surface area (Å²) in [5, 5.41) is 10.7. The van der Waals surface area contributed by atoms with Gasteiger partial charge in [-0.05, 0) is 173 Å². The first kappa shape index (κ1) is 105. The predicted molar refractivity (Wildman–Crippen MR) is 454 cm³/mol. The van der Waals surface area contributed by atoms with Crippen LogP contribution in [0.15, 0.2) is 146 Å². The highest BCUT2D eigenvalue weighted by Gasteiger charge is 2.30.